The summed E-state index contributed by atoms with van der Waals surface area (Å²) in [6, 6.07) is 8.72. The van der Waals surface area contributed by atoms with Gasteiger partial charge in [0.05, 0.1) is 0 Å². The van der Waals surface area contributed by atoms with Gasteiger partial charge < -0.3 is 10.2 Å². The molecule has 0 bridgehead atoms. The van der Waals surface area contributed by atoms with E-state index in [1.54, 1.807) is 0 Å². The van der Waals surface area contributed by atoms with Crippen LogP contribution in [0, 0.1) is 13.8 Å². The minimum Gasteiger partial charge on any atom is -0.507 e. The van der Waals surface area contributed by atoms with E-state index in [4.69, 9.17) is 0 Å². The molecule has 0 radical (unpaired) electrons. The van der Waals surface area contributed by atoms with Gasteiger partial charge in [-0.25, -0.2) is 0 Å². The summed E-state index contributed by atoms with van der Waals surface area (Å²) in [6.45, 7) is 17.5. The third-order valence-electron chi connectivity index (χ3n) is 7.54. The lowest BCUT2D eigenvalue weighted by atomic mass is 9.85. The average molecular weight is 529 g/mol. The van der Waals surface area contributed by atoms with Gasteiger partial charge >= 0.3 is 0 Å². The molecule has 36 heavy (non-hydrogen) atoms. The molecule has 200 valence electrons. The van der Waals surface area contributed by atoms with Crippen LogP contribution in [-0.2, 0) is 22.3 Å². The van der Waals surface area contributed by atoms with Gasteiger partial charge in [0.1, 0.15) is 11.5 Å². The van der Waals surface area contributed by atoms with Crippen molar-refractivity contribution in [1.82, 2.24) is 0 Å². The number of aryl methyl sites for hydroxylation is 2. The molecule has 0 aliphatic heterocycles. The molecule has 2 atom stereocenters. The second-order valence-corrected chi connectivity index (χ2v) is 15.2. The van der Waals surface area contributed by atoms with Crippen molar-refractivity contribution in [2.75, 3.05) is 0 Å². The Bertz CT molecular complexity index is 946. The zero-order valence-electron chi connectivity index (χ0n) is 23.8. The van der Waals surface area contributed by atoms with Crippen molar-refractivity contribution in [1.29, 1.82) is 0 Å². The molecule has 0 spiro atoms. The van der Waals surface area contributed by atoms with Gasteiger partial charge in [-0.15, -0.1) is 0 Å². The molecule has 1 aliphatic rings. The molecule has 1 fully saturated rings. The Balaban J connectivity index is 1.78. The van der Waals surface area contributed by atoms with Gasteiger partial charge in [-0.3, -0.25) is 0 Å². The van der Waals surface area contributed by atoms with E-state index in [0.29, 0.717) is 22.0 Å². The molecule has 0 aromatic heterocycles. The third kappa shape index (κ3) is 7.63. The smallest absolute Gasteiger partial charge is 0.122 e. The lowest BCUT2D eigenvalue weighted by molar-refractivity contribution is 0.464. The molecule has 0 amide bonds. The molecule has 2 unspecified atom stereocenters. The van der Waals surface area contributed by atoms with Crippen molar-refractivity contribution in [3.63, 3.8) is 0 Å². The highest BCUT2D eigenvalue weighted by atomic mass is 32.2. The standard InChI is InChI=1S/C32H48O2S2/c1-21-15-25(31(3,4)5)17-23(29(21)33)19-35-27-13-11-9-10-12-14-28(27)36-20-24-18-26(32(6,7)8)16-22(2)30(24)34/h15-18,27-28,33-34H,9-14,19-20H2,1-8H3. The molecule has 1 saturated carbocycles. The first-order valence-electron chi connectivity index (χ1n) is 13.7. The van der Waals surface area contributed by atoms with Gasteiger partial charge in [0.2, 0.25) is 0 Å². The summed E-state index contributed by atoms with van der Waals surface area (Å²) in [5.74, 6) is 2.62. The van der Waals surface area contributed by atoms with Gasteiger partial charge in [-0.05, 0) is 59.8 Å². The Morgan fingerprint density at radius 3 is 1.33 bits per heavy atom. The van der Waals surface area contributed by atoms with E-state index in [9.17, 15) is 10.2 Å². The second kappa shape index (κ2) is 12.1. The predicted molar refractivity (Wildman–Crippen MR) is 161 cm³/mol. The molecule has 2 aromatic carbocycles. The lowest BCUT2D eigenvalue weighted by Gasteiger charge is -2.29. The van der Waals surface area contributed by atoms with Crippen molar-refractivity contribution in [2.45, 2.75) is 127 Å². The molecule has 4 heteroatoms. The van der Waals surface area contributed by atoms with Crippen molar-refractivity contribution < 1.29 is 10.2 Å². The molecule has 1 aliphatic carbocycles. The van der Waals surface area contributed by atoms with E-state index >= 15 is 0 Å². The molecule has 3 rings (SSSR count). The van der Waals surface area contributed by atoms with Crippen molar-refractivity contribution in [3.8, 4) is 11.5 Å². The Labute approximate surface area is 229 Å². The van der Waals surface area contributed by atoms with Gasteiger partial charge in [-0.2, -0.15) is 23.5 Å². The van der Waals surface area contributed by atoms with E-state index in [0.717, 1.165) is 33.8 Å². The minimum atomic E-state index is 0.0677. The van der Waals surface area contributed by atoms with Gasteiger partial charge in [-0.1, -0.05) is 91.5 Å². The maximum Gasteiger partial charge on any atom is 0.122 e. The first-order chi connectivity index (χ1) is 16.8. The quantitative estimate of drug-likeness (QED) is 0.391. The summed E-state index contributed by atoms with van der Waals surface area (Å²) in [4.78, 5) is 0. The predicted octanol–water partition coefficient (Wildman–Crippen LogP) is 9.57. The number of rotatable bonds is 6. The fourth-order valence-corrected chi connectivity index (χ4v) is 8.05. The highest BCUT2D eigenvalue weighted by Crippen LogP contribution is 2.41. The minimum absolute atomic E-state index is 0.0677. The summed E-state index contributed by atoms with van der Waals surface area (Å²) in [5, 5.41) is 22.8. The second-order valence-electron chi connectivity index (χ2n) is 12.8. The van der Waals surface area contributed by atoms with Crippen molar-refractivity contribution >= 4 is 23.5 Å². The largest absolute Gasteiger partial charge is 0.507 e. The van der Waals surface area contributed by atoms with E-state index in [2.05, 4.69) is 65.8 Å². The zero-order valence-corrected chi connectivity index (χ0v) is 25.5. The Morgan fingerprint density at radius 1 is 0.639 bits per heavy atom. The molecule has 2 N–H and O–H groups in total. The highest BCUT2D eigenvalue weighted by Gasteiger charge is 2.26. The van der Waals surface area contributed by atoms with Crippen LogP contribution in [0.5, 0.6) is 11.5 Å². The van der Waals surface area contributed by atoms with E-state index in [1.165, 1.54) is 49.7 Å². The first-order valence-corrected chi connectivity index (χ1v) is 15.8. The number of hydrogen-bond acceptors (Lipinski definition) is 4. The molecule has 0 saturated heterocycles. The number of aromatic hydroxyl groups is 2. The van der Waals surface area contributed by atoms with E-state index < -0.39 is 0 Å². The van der Waals surface area contributed by atoms with Crippen LogP contribution in [-0.4, -0.2) is 20.7 Å². The van der Waals surface area contributed by atoms with Gasteiger partial charge in [0.15, 0.2) is 0 Å². The molecule has 0 heterocycles. The Hall–Kier alpha value is -1.26. The Kier molecular flexibility index (Phi) is 9.82. The van der Waals surface area contributed by atoms with Crippen molar-refractivity contribution in [2.24, 2.45) is 0 Å². The van der Waals surface area contributed by atoms with Crippen molar-refractivity contribution in [3.05, 3.63) is 57.6 Å². The Morgan fingerprint density at radius 2 is 1.00 bits per heavy atom. The van der Waals surface area contributed by atoms with E-state index in [-0.39, 0.29) is 10.8 Å². The van der Waals surface area contributed by atoms with Crippen LogP contribution in [0.15, 0.2) is 24.3 Å². The molecule has 2 nitrogen and oxygen atoms in total. The molecular weight excluding hydrogens is 480 g/mol. The number of phenols is 2. The summed E-state index contributed by atoms with van der Waals surface area (Å²) in [7, 11) is 0. The van der Waals surface area contributed by atoms with Crippen LogP contribution in [0.2, 0.25) is 0 Å². The normalized spacial score (nSPS) is 19.7. The summed E-state index contributed by atoms with van der Waals surface area (Å²) < 4.78 is 0. The fraction of sp³-hybridized carbons (Fsp3) is 0.625. The monoisotopic (exact) mass is 528 g/mol. The maximum atomic E-state index is 10.8. The van der Waals surface area contributed by atoms with Crippen LogP contribution in [0.4, 0.5) is 0 Å². The van der Waals surface area contributed by atoms with Crippen LogP contribution in [0.1, 0.15) is 113 Å². The molecular formula is C32H48O2S2. The third-order valence-corrected chi connectivity index (χ3v) is 10.7. The maximum absolute atomic E-state index is 10.8. The number of hydrogen-bond donors (Lipinski definition) is 2. The zero-order chi connectivity index (χ0) is 26.7. The highest BCUT2D eigenvalue weighted by molar-refractivity contribution is 8.03. The van der Waals surface area contributed by atoms with Crippen LogP contribution in [0.3, 0.4) is 0 Å². The molecule has 2 aromatic rings. The average Bonchev–Trinajstić information content (AvgIpc) is 2.76. The van der Waals surface area contributed by atoms with Crippen LogP contribution in [0.25, 0.3) is 0 Å². The summed E-state index contributed by atoms with van der Waals surface area (Å²) in [6.07, 6.45) is 7.68. The first kappa shape index (κ1) is 29.3. The number of benzene rings is 2. The van der Waals surface area contributed by atoms with E-state index in [1.807, 2.05) is 37.4 Å². The number of phenolic OH excluding ortho intramolecular Hbond substituents is 2. The number of thioether (sulfide) groups is 2. The van der Waals surface area contributed by atoms with Gasteiger partial charge in [0.25, 0.3) is 0 Å². The SMILES string of the molecule is Cc1cc(C(C)(C)C)cc(CSC2CCCCCCC2SCc2cc(C(C)(C)C)cc(C)c2O)c1O. The lowest BCUT2D eigenvalue weighted by Crippen LogP contribution is -2.22. The topological polar surface area (TPSA) is 40.5 Å². The van der Waals surface area contributed by atoms with Gasteiger partial charge in [0, 0.05) is 33.1 Å². The van der Waals surface area contributed by atoms with Crippen LogP contribution >= 0.6 is 23.5 Å². The fourth-order valence-electron chi connectivity index (χ4n) is 4.98. The summed E-state index contributed by atoms with van der Waals surface area (Å²) in [5.41, 5.74) is 6.82. The van der Waals surface area contributed by atoms with Crippen LogP contribution < -0.4 is 0 Å². The summed E-state index contributed by atoms with van der Waals surface area (Å²) >= 11 is 4.06.